The Morgan fingerprint density at radius 1 is 1.17 bits per heavy atom. The first-order valence-corrected chi connectivity index (χ1v) is 11.1. The lowest BCUT2D eigenvalue weighted by Gasteiger charge is -2.35. The molecule has 1 heterocycles. The van der Waals surface area contributed by atoms with Crippen molar-refractivity contribution in [1.29, 1.82) is 0 Å². The third kappa shape index (κ3) is 7.00. The molecule has 2 aromatic carbocycles. The molecule has 0 radical (unpaired) electrons. The Morgan fingerprint density at radius 3 is 2.63 bits per heavy atom. The minimum Gasteiger partial charge on any atom is -0.497 e. The summed E-state index contributed by atoms with van der Waals surface area (Å²) in [7, 11) is 1.66. The van der Waals surface area contributed by atoms with E-state index >= 15 is 0 Å². The number of carbonyl (C=O) groups is 1. The fraction of sp³-hybridized carbons (Fsp3) is 0.435. The van der Waals surface area contributed by atoms with Crippen molar-refractivity contribution in [3.05, 3.63) is 58.6 Å². The number of halogens is 1. The molecule has 1 N–H and O–H groups in total. The maximum absolute atomic E-state index is 12.4. The first-order chi connectivity index (χ1) is 14.7. The van der Waals surface area contributed by atoms with E-state index in [1.807, 2.05) is 36.4 Å². The highest BCUT2D eigenvalue weighted by atomic mass is 79.9. The number of hydrogen-bond acceptors (Lipinski definition) is 5. The average Bonchev–Trinajstić information content (AvgIpc) is 2.78. The number of ether oxygens (including phenoxy) is 3. The Balaban J connectivity index is 1.48. The van der Waals surface area contributed by atoms with Crippen molar-refractivity contribution < 1.29 is 19.0 Å². The third-order valence-corrected chi connectivity index (χ3v) is 5.59. The van der Waals surface area contributed by atoms with E-state index in [9.17, 15) is 4.79 Å². The van der Waals surface area contributed by atoms with Crippen LogP contribution in [0.4, 0.5) is 0 Å². The number of benzene rings is 2. The summed E-state index contributed by atoms with van der Waals surface area (Å²) in [5, 5.41) is 3.10. The van der Waals surface area contributed by atoms with E-state index in [2.05, 4.69) is 38.3 Å². The Morgan fingerprint density at radius 2 is 1.93 bits per heavy atom. The molecule has 1 amide bonds. The maximum atomic E-state index is 12.4. The SMILES string of the molecule is COc1ccc(C(CNC(=O)CCCOc2cccc(Br)c2)N2CCOCC2)cc1. The van der Waals surface area contributed by atoms with Gasteiger partial charge in [0.2, 0.25) is 5.91 Å². The van der Waals surface area contributed by atoms with Crippen LogP contribution in [0.5, 0.6) is 11.5 Å². The van der Waals surface area contributed by atoms with Crippen molar-refractivity contribution in [3.8, 4) is 11.5 Å². The van der Waals surface area contributed by atoms with Crippen LogP contribution in [0.3, 0.4) is 0 Å². The van der Waals surface area contributed by atoms with Gasteiger partial charge in [-0.3, -0.25) is 9.69 Å². The van der Waals surface area contributed by atoms with Gasteiger partial charge in [0.05, 0.1) is 33.0 Å². The number of rotatable bonds is 10. The molecule has 0 saturated carbocycles. The van der Waals surface area contributed by atoms with Crippen molar-refractivity contribution in [2.45, 2.75) is 18.9 Å². The summed E-state index contributed by atoms with van der Waals surface area (Å²) in [6, 6.07) is 15.9. The second kappa shape index (κ2) is 11.9. The van der Waals surface area contributed by atoms with Crippen LogP contribution < -0.4 is 14.8 Å². The van der Waals surface area contributed by atoms with E-state index < -0.39 is 0 Å². The highest BCUT2D eigenvalue weighted by molar-refractivity contribution is 9.10. The fourth-order valence-corrected chi connectivity index (χ4v) is 3.83. The van der Waals surface area contributed by atoms with Gasteiger partial charge in [-0.1, -0.05) is 34.1 Å². The lowest BCUT2D eigenvalue weighted by atomic mass is 10.0. The van der Waals surface area contributed by atoms with Gasteiger partial charge in [-0.05, 0) is 42.3 Å². The standard InChI is InChI=1S/C23H29BrN2O4/c1-28-20-9-7-18(8-10-20)22(26-11-14-29-15-12-26)17-25-23(27)6-3-13-30-21-5-2-4-19(24)16-21/h2,4-5,7-10,16,22H,3,6,11-15,17H2,1H3,(H,25,27). The molecule has 162 valence electrons. The molecule has 0 aromatic heterocycles. The van der Waals surface area contributed by atoms with Crippen LogP contribution in [0.25, 0.3) is 0 Å². The lowest BCUT2D eigenvalue weighted by molar-refractivity contribution is -0.121. The zero-order valence-corrected chi connectivity index (χ0v) is 18.9. The minimum absolute atomic E-state index is 0.0413. The Labute approximate surface area is 186 Å². The monoisotopic (exact) mass is 476 g/mol. The molecule has 1 unspecified atom stereocenters. The second-order valence-electron chi connectivity index (χ2n) is 7.15. The van der Waals surface area contributed by atoms with Gasteiger partial charge in [-0.25, -0.2) is 0 Å². The van der Waals surface area contributed by atoms with Gasteiger partial charge in [0.25, 0.3) is 0 Å². The Bertz CT molecular complexity index is 794. The predicted molar refractivity (Wildman–Crippen MR) is 120 cm³/mol. The molecule has 0 spiro atoms. The van der Waals surface area contributed by atoms with Crippen LogP contribution in [0.15, 0.2) is 53.0 Å². The molecule has 7 heteroatoms. The van der Waals surface area contributed by atoms with Crippen molar-refractivity contribution in [2.75, 3.05) is 46.6 Å². The number of methoxy groups -OCH3 is 1. The molecule has 0 bridgehead atoms. The molecule has 6 nitrogen and oxygen atoms in total. The van der Waals surface area contributed by atoms with Crippen LogP contribution in [-0.2, 0) is 9.53 Å². The van der Waals surface area contributed by atoms with Gasteiger partial charge >= 0.3 is 0 Å². The molecule has 1 atom stereocenters. The van der Waals surface area contributed by atoms with Crippen LogP contribution >= 0.6 is 15.9 Å². The van der Waals surface area contributed by atoms with Crippen LogP contribution in [-0.4, -0.2) is 57.4 Å². The van der Waals surface area contributed by atoms with Crippen molar-refractivity contribution in [3.63, 3.8) is 0 Å². The molecule has 2 aromatic rings. The summed E-state index contributed by atoms with van der Waals surface area (Å²) in [6.07, 6.45) is 1.11. The molecule has 3 rings (SSSR count). The molecule has 1 aliphatic heterocycles. The largest absolute Gasteiger partial charge is 0.497 e. The molecule has 1 aliphatic rings. The molecule has 1 saturated heterocycles. The van der Waals surface area contributed by atoms with E-state index in [-0.39, 0.29) is 11.9 Å². The van der Waals surface area contributed by atoms with E-state index in [0.29, 0.717) is 39.2 Å². The third-order valence-electron chi connectivity index (χ3n) is 5.09. The quantitative estimate of drug-likeness (QED) is 0.528. The van der Waals surface area contributed by atoms with Crippen LogP contribution in [0, 0.1) is 0 Å². The zero-order chi connectivity index (χ0) is 21.2. The number of hydrogen-bond donors (Lipinski definition) is 1. The molecular weight excluding hydrogens is 448 g/mol. The van der Waals surface area contributed by atoms with Gasteiger partial charge in [0, 0.05) is 30.5 Å². The number of morpholine rings is 1. The summed E-state index contributed by atoms with van der Waals surface area (Å²) in [6.45, 7) is 4.22. The van der Waals surface area contributed by atoms with Crippen molar-refractivity contribution in [1.82, 2.24) is 10.2 Å². The van der Waals surface area contributed by atoms with E-state index in [0.717, 1.165) is 34.6 Å². The van der Waals surface area contributed by atoms with E-state index in [1.54, 1.807) is 7.11 Å². The van der Waals surface area contributed by atoms with Gasteiger partial charge in [0.1, 0.15) is 11.5 Å². The molecule has 30 heavy (non-hydrogen) atoms. The van der Waals surface area contributed by atoms with Crippen LogP contribution in [0.1, 0.15) is 24.4 Å². The topological polar surface area (TPSA) is 60.0 Å². The molecule has 0 aliphatic carbocycles. The van der Waals surface area contributed by atoms with Gasteiger partial charge in [-0.15, -0.1) is 0 Å². The van der Waals surface area contributed by atoms with Crippen molar-refractivity contribution in [2.24, 2.45) is 0 Å². The summed E-state index contributed by atoms with van der Waals surface area (Å²) in [4.78, 5) is 14.8. The highest BCUT2D eigenvalue weighted by Crippen LogP contribution is 2.24. The number of nitrogens with zero attached hydrogens (tertiary/aromatic N) is 1. The Hall–Kier alpha value is -2.09. The fourth-order valence-electron chi connectivity index (χ4n) is 3.45. The summed E-state index contributed by atoms with van der Waals surface area (Å²) < 4.78 is 17.4. The first kappa shape index (κ1) is 22.6. The maximum Gasteiger partial charge on any atom is 0.220 e. The van der Waals surface area contributed by atoms with E-state index in [1.165, 1.54) is 0 Å². The van der Waals surface area contributed by atoms with Gasteiger partial charge < -0.3 is 19.5 Å². The number of nitrogens with one attached hydrogen (secondary N) is 1. The number of amides is 1. The smallest absolute Gasteiger partial charge is 0.220 e. The number of carbonyl (C=O) groups excluding carboxylic acids is 1. The van der Waals surface area contributed by atoms with Crippen LogP contribution in [0.2, 0.25) is 0 Å². The normalized spacial score (nSPS) is 15.4. The second-order valence-corrected chi connectivity index (χ2v) is 8.07. The van der Waals surface area contributed by atoms with E-state index in [4.69, 9.17) is 14.2 Å². The first-order valence-electron chi connectivity index (χ1n) is 10.3. The molecular formula is C23H29BrN2O4. The Kier molecular flexibility index (Phi) is 8.99. The molecule has 1 fully saturated rings. The summed E-state index contributed by atoms with van der Waals surface area (Å²) in [5.41, 5.74) is 1.16. The van der Waals surface area contributed by atoms with Crippen molar-refractivity contribution >= 4 is 21.8 Å². The zero-order valence-electron chi connectivity index (χ0n) is 17.3. The van der Waals surface area contributed by atoms with Gasteiger partial charge in [0.15, 0.2) is 0 Å². The minimum atomic E-state index is 0.0413. The summed E-state index contributed by atoms with van der Waals surface area (Å²) in [5.74, 6) is 1.67. The average molecular weight is 477 g/mol. The summed E-state index contributed by atoms with van der Waals surface area (Å²) >= 11 is 3.43. The predicted octanol–water partition coefficient (Wildman–Crippen LogP) is 3.81. The highest BCUT2D eigenvalue weighted by Gasteiger charge is 2.23. The van der Waals surface area contributed by atoms with Gasteiger partial charge in [-0.2, -0.15) is 0 Å². The lowest BCUT2D eigenvalue weighted by Crippen LogP contribution is -2.43.